The molecule has 3 unspecified atom stereocenters. The minimum atomic E-state index is -0.268. The van der Waals surface area contributed by atoms with Crippen molar-refractivity contribution in [3.8, 4) is 0 Å². The Hall–Kier alpha value is 0.140. The molecule has 1 aliphatic rings. The van der Waals surface area contributed by atoms with E-state index < -0.39 is 0 Å². The lowest BCUT2D eigenvalue weighted by Gasteiger charge is -2.34. The van der Waals surface area contributed by atoms with Crippen LogP contribution in [0, 0.1) is 24.7 Å². The van der Waals surface area contributed by atoms with Crippen molar-refractivity contribution in [3.05, 3.63) is 20.3 Å². The maximum absolute atomic E-state index is 10.5. The van der Waals surface area contributed by atoms with E-state index in [1.54, 1.807) is 11.3 Å². The molecule has 1 heterocycles. The second-order valence-electron chi connectivity index (χ2n) is 5.68. The lowest BCUT2D eigenvalue weighted by atomic mass is 9.74. The smallest absolute Gasteiger partial charge is 0.0910 e. The van der Waals surface area contributed by atoms with Crippen LogP contribution in [-0.4, -0.2) is 5.11 Å². The summed E-state index contributed by atoms with van der Waals surface area (Å²) in [7, 11) is 0. The van der Waals surface area contributed by atoms with Gasteiger partial charge in [0.2, 0.25) is 0 Å². The van der Waals surface area contributed by atoms with E-state index in [0.717, 1.165) is 21.2 Å². The van der Waals surface area contributed by atoms with Crippen LogP contribution in [-0.2, 0) is 0 Å². The summed E-state index contributed by atoms with van der Waals surface area (Å²) < 4.78 is 1.13. The number of aryl methyl sites for hydroxylation is 1. The van der Waals surface area contributed by atoms with Gasteiger partial charge in [0.05, 0.1) is 6.10 Å². The van der Waals surface area contributed by atoms with Crippen LogP contribution < -0.4 is 0 Å². The summed E-state index contributed by atoms with van der Waals surface area (Å²) in [6.07, 6.45) is 3.38. The summed E-state index contributed by atoms with van der Waals surface area (Å²) in [4.78, 5) is 2.39. The molecule has 1 nitrogen and oxygen atoms in total. The van der Waals surface area contributed by atoms with Crippen molar-refractivity contribution in [2.24, 2.45) is 17.8 Å². The van der Waals surface area contributed by atoms with E-state index in [1.165, 1.54) is 24.1 Å². The molecule has 1 N–H and O–H groups in total. The number of hydrogen-bond acceptors (Lipinski definition) is 2. The van der Waals surface area contributed by atoms with E-state index in [9.17, 15) is 5.11 Å². The lowest BCUT2D eigenvalue weighted by Crippen LogP contribution is -2.24. The topological polar surface area (TPSA) is 20.2 Å². The van der Waals surface area contributed by atoms with Crippen LogP contribution in [0.1, 0.15) is 49.0 Å². The minimum Gasteiger partial charge on any atom is -0.387 e. The number of rotatable bonds is 2. The number of aliphatic hydroxyl groups excluding tert-OH is 1. The van der Waals surface area contributed by atoms with Crippen molar-refractivity contribution in [2.75, 3.05) is 0 Å². The van der Waals surface area contributed by atoms with Crippen molar-refractivity contribution in [1.82, 2.24) is 0 Å². The van der Waals surface area contributed by atoms with Gasteiger partial charge in [0.1, 0.15) is 0 Å². The standard InChI is InChI=1S/C14H21BrOS/c1-8-4-9(2)6-11(5-8)14(16)13-7-12(15)10(3)17-13/h7-9,11,14,16H,4-6H2,1-3H3. The molecule has 3 atom stereocenters. The van der Waals surface area contributed by atoms with E-state index in [0.29, 0.717) is 5.92 Å². The number of thiophene rings is 1. The molecule has 1 saturated carbocycles. The molecular formula is C14H21BrOS. The zero-order valence-electron chi connectivity index (χ0n) is 10.7. The average molecular weight is 317 g/mol. The highest BCUT2D eigenvalue weighted by Crippen LogP contribution is 2.42. The molecule has 0 saturated heterocycles. The highest BCUT2D eigenvalue weighted by molar-refractivity contribution is 9.10. The Balaban J connectivity index is 2.11. The van der Waals surface area contributed by atoms with E-state index >= 15 is 0 Å². The van der Waals surface area contributed by atoms with Crippen LogP contribution in [0.25, 0.3) is 0 Å². The fraction of sp³-hybridized carbons (Fsp3) is 0.714. The molecule has 96 valence electrons. The van der Waals surface area contributed by atoms with Crippen LogP contribution in [0.2, 0.25) is 0 Å². The molecule has 1 aliphatic carbocycles. The maximum atomic E-state index is 10.5. The Morgan fingerprint density at radius 1 is 1.29 bits per heavy atom. The third-order valence-electron chi connectivity index (χ3n) is 3.83. The van der Waals surface area contributed by atoms with Crippen LogP contribution >= 0.6 is 27.3 Å². The van der Waals surface area contributed by atoms with Gasteiger partial charge in [-0.15, -0.1) is 11.3 Å². The summed E-state index contributed by atoms with van der Waals surface area (Å²) in [5, 5.41) is 10.5. The Bertz CT molecular complexity index is 358. The average Bonchev–Trinajstić information content (AvgIpc) is 2.57. The lowest BCUT2D eigenvalue weighted by molar-refractivity contribution is 0.0576. The Morgan fingerprint density at radius 3 is 2.35 bits per heavy atom. The predicted octanol–water partition coefficient (Wildman–Crippen LogP) is 4.92. The van der Waals surface area contributed by atoms with Crippen molar-refractivity contribution in [2.45, 2.75) is 46.1 Å². The molecule has 0 radical (unpaired) electrons. The monoisotopic (exact) mass is 316 g/mol. The molecule has 0 spiro atoms. The van der Waals surface area contributed by atoms with Crippen molar-refractivity contribution >= 4 is 27.3 Å². The van der Waals surface area contributed by atoms with Crippen molar-refractivity contribution in [1.29, 1.82) is 0 Å². The first-order valence-corrected chi connectivity index (χ1v) is 8.02. The third kappa shape index (κ3) is 3.12. The SMILES string of the molecule is Cc1sc(C(O)C2CC(C)CC(C)C2)cc1Br. The normalized spacial score (nSPS) is 31.5. The van der Waals surface area contributed by atoms with Gasteiger partial charge >= 0.3 is 0 Å². The van der Waals surface area contributed by atoms with Gasteiger partial charge in [-0.05, 0) is 65.9 Å². The van der Waals surface area contributed by atoms with Gasteiger partial charge in [-0.25, -0.2) is 0 Å². The van der Waals surface area contributed by atoms with Gasteiger partial charge in [-0.2, -0.15) is 0 Å². The highest BCUT2D eigenvalue weighted by atomic mass is 79.9. The van der Waals surface area contributed by atoms with E-state index in [2.05, 4.69) is 42.8 Å². The zero-order valence-corrected chi connectivity index (χ0v) is 13.1. The van der Waals surface area contributed by atoms with Crippen LogP contribution in [0.3, 0.4) is 0 Å². The van der Waals surface area contributed by atoms with Crippen molar-refractivity contribution in [3.63, 3.8) is 0 Å². The Morgan fingerprint density at radius 2 is 1.88 bits per heavy atom. The Labute approximate surface area is 116 Å². The molecule has 0 bridgehead atoms. The number of hydrogen-bond donors (Lipinski definition) is 1. The largest absolute Gasteiger partial charge is 0.387 e. The first kappa shape index (κ1) is 13.6. The first-order chi connectivity index (χ1) is 7.97. The van der Waals surface area contributed by atoms with Gasteiger partial charge in [0.25, 0.3) is 0 Å². The molecule has 17 heavy (non-hydrogen) atoms. The molecule has 1 aromatic rings. The Kier molecular flexibility index (Phi) is 4.32. The first-order valence-electron chi connectivity index (χ1n) is 6.41. The van der Waals surface area contributed by atoms with Crippen LogP contribution in [0.4, 0.5) is 0 Å². The van der Waals surface area contributed by atoms with Gasteiger partial charge in [-0.1, -0.05) is 13.8 Å². The second-order valence-corrected chi connectivity index (χ2v) is 7.82. The van der Waals surface area contributed by atoms with Gasteiger partial charge in [-0.3, -0.25) is 0 Å². The molecule has 2 rings (SSSR count). The summed E-state index contributed by atoms with van der Waals surface area (Å²) in [6, 6.07) is 2.09. The summed E-state index contributed by atoms with van der Waals surface area (Å²) in [6.45, 7) is 6.72. The molecule has 3 heteroatoms. The molecule has 0 aromatic carbocycles. The summed E-state index contributed by atoms with van der Waals surface area (Å²) >= 11 is 5.25. The van der Waals surface area contributed by atoms with E-state index in [-0.39, 0.29) is 6.10 Å². The minimum absolute atomic E-state index is 0.268. The number of halogens is 1. The number of aliphatic hydroxyl groups is 1. The fourth-order valence-corrected chi connectivity index (χ4v) is 4.77. The molecule has 0 aliphatic heterocycles. The summed E-state index contributed by atoms with van der Waals surface area (Å²) in [5.41, 5.74) is 0. The fourth-order valence-electron chi connectivity index (χ4n) is 3.13. The van der Waals surface area contributed by atoms with E-state index in [4.69, 9.17) is 0 Å². The highest BCUT2D eigenvalue weighted by Gasteiger charge is 2.30. The summed E-state index contributed by atoms with van der Waals surface area (Å²) in [5.74, 6) is 1.95. The van der Waals surface area contributed by atoms with Crippen molar-refractivity contribution < 1.29 is 5.11 Å². The second kappa shape index (κ2) is 5.41. The molecule has 1 fully saturated rings. The molecular weight excluding hydrogens is 296 g/mol. The molecule has 0 amide bonds. The predicted molar refractivity (Wildman–Crippen MR) is 77.4 cm³/mol. The van der Waals surface area contributed by atoms with Gasteiger partial charge in [0, 0.05) is 14.2 Å². The quantitative estimate of drug-likeness (QED) is 0.820. The van der Waals surface area contributed by atoms with E-state index in [1.807, 2.05) is 0 Å². The van der Waals surface area contributed by atoms with Gasteiger partial charge < -0.3 is 5.11 Å². The third-order valence-corrected chi connectivity index (χ3v) is 6.04. The molecule has 1 aromatic heterocycles. The van der Waals surface area contributed by atoms with Crippen LogP contribution in [0.5, 0.6) is 0 Å². The van der Waals surface area contributed by atoms with Gasteiger partial charge in [0.15, 0.2) is 0 Å². The zero-order chi connectivity index (χ0) is 12.6. The maximum Gasteiger partial charge on any atom is 0.0910 e. The van der Waals surface area contributed by atoms with Crippen LogP contribution in [0.15, 0.2) is 10.5 Å².